The van der Waals surface area contributed by atoms with Crippen molar-refractivity contribution in [2.75, 3.05) is 19.6 Å². The lowest BCUT2D eigenvalue weighted by atomic mass is 10.1. The molecule has 1 N–H and O–H groups in total. The number of fused-ring (bicyclic) bond motifs is 1. The number of ether oxygens (including phenoxy) is 1. The van der Waals surface area contributed by atoms with Gasteiger partial charge < -0.3 is 15.0 Å². The molecule has 0 radical (unpaired) electrons. The van der Waals surface area contributed by atoms with Gasteiger partial charge in [0.2, 0.25) is 0 Å². The number of rotatable bonds is 3. The fraction of sp³-hybridized carbons (Fsp3) is 0.667. The number of carbonyl (C=O) groups is 1. The fourth-order valence-electron chi connectivity index (χ4n) is 3.41. The first-order valence-corrected chi connectivity index (χ1v) is 8.57. The minimum atomic E-state index is -0.424. The first-order chi connectivity index (χ1) is 10.9. The van der Waals surface area contributed by atoms with Crippen LogP contribution in [0.1, 0.15) is 50.9 Å². The summed E-state index contributed by atoms with van der Waals surface area (Å²) < 4.78 is 5.45. The fourth-order valence-corrected chi connectivity index (χ4v) is 3.41. The zero-order chi connectivity index (χ0) is 16.4. The van der Waals surface area contributed by atoms with Crippen LogP contribution < -0.4 is 5.32 Å². The number of nitrogens with one attached hydrogen (secondary N) is 1. The topological polar surface area (TPSA) is 54.5 Å². The van der Waals surface area contributed by atoms with E-state index in [9.17, 15) is 4.79 Å². The van der Waals surface area contributed by atoms with Crippen LogP contribution >= 0.6 is 0 Å². The molecule has 2 atom stereocenters. The van der Waals surface area contributed by atoms with Crippen LogP contribution in [0.25, 0.3) is 0 Å². The second-order valence-electron chi connectivity index (χ2n) is 7.63. The predicted octanol–water partition coefficient (Wildman–Crippen LogP) is 2.92. The molecule has 1 aromatic heterocycles. The maximum Gasteiger partial charge on any atom is 0.410 e. The molecular weight excluding hydrogens is 290 g/mol. The van der Waals surface area contributed by atoms with E-state index in [0.717, 1.165) is 38.9 Å². The summed E-state index contributed by atoms with van der Waals surface area (Å²) >= 11 is 0. The number of aromatic nitrogens is 1. The maximum atomic E-state index is 12.1. The Balaban J connectivity index is 1.47. The molecule has 0 saturated carbocycles. The highest BCUT2D eigenvalue weighted by molar-refractivity contribution is 5.68. The standard InChI is InChI=1S/C18H27N3O2/c1-18(2,3)23-17(22)21-10-8-13(12-21)11-20-15-7-6-14-5-4-9-19-16(14)15/h4-5,9,13,15,20H,6-8,10-12H2,1-3H3. The molecule has 0 aromatic carbocycles. The van der Waals surface area contributed by atoms with E-state index in [1.165, 1.54) is 11.3 Å². The number of hydrogen-bond acceptors (Lipinski definition) is 4. The molecule has 2 heterocycles. The molecule has 5 heteroatoms. The van der Waals surface area contributed by atoms with Gasteiger partial charge in [-0.25, -0.2) is 4.79 Å². The van der Waals surface area contributed by atoms with Gasteiger partial charge in [0, 0.05) is 25.8 Å². The van der Waals surface area contributed by atoms with Crippen molar-refractivity contribution in [3.05, 3.63) is 29.6 Å². The van der Waals surface area contributed by atoms with E-state index in [2.05, 4.69) is 16.4 Å². The smallest absolute Gasteiger partial charge is 0.410 e. The van der Waals surface area contributed by atoms with Gasteiger partial charge in [-0.3, -0.25) is 4.98 Å². The summed E-state index contributed by atoms with van der Waals surface area (Å²) in [5.41, 5.74) is 2.15. The van der Waals surface area contributed by atoms with E-state index >= 15 is 0 Å². The lowest BCUT2D eigenvalue weighted by Crippen LogP contribution is -2.36. The predicted molar refractivity (Wildman–Crippen MR) is 89.2 cm³/mol. The van der Waals surface area contributed by atoms with Gasteiger partial charge in [0.05, 0.1) is 11.7 Å². The van der Waals surface area contributed by atoms with Gasteiger partial charge in [0.1, 0.15) is 5.60 Å². The average Bonchev–Trinajstić information content (AvgIpc) is 3.10. The molecule has 23 heavy (non-hydrogen) atoms. The molecule has 1 aromatic rings. The van der Waals surface area contributed by atoms with Gasteiger partial charge in [-0.1, -0.05) is 6.07 Å². The molecule has 1 fully saturated rings. The van der Waals surface area contributed by atoms with Gasteiger partial charge in [-0.05, 0) is 57.6 Å². The summed E-state index contributed by atoms with van der Waals surface area (Å²) in [4.78, 5) is 18.5. The highest BCUT2D eigenvalue weighted by Gasteiger charge is 2.31. The number of aryl methyl sites for hydroxylation is 1. The van der Waals surface area contributed by atoms with Crippen molar-refractivity contribution in [3.63, 3.8) is 0 Å². The van der Waals surface area contributed by atoms with Crippen molar-refractivity contribution < 1.29 is 9.53 Å². The van der Waals surface area contributed by atoms with Crippen LogP contribution in [-0.4, -0.2) is 41.2 Å². The summed E-state index contributed by atoms with van der Waals surface area (Å²) in [7, 11) is 0. The van der Waals surface area contributed by atoms with E-state index in [1.54, 1.807) is 0 Å². The second kappa shape index (κ2) is 6.48. The van der Waals surface area contributed by atoms with E-state index < -0.39 is 5.60 Å². The minimum Gasteiger partial charge on any atom is -0.444 e. The summed E-state index contributed by atoms with van der Waals surface area (Å²) in [5, 5.41) is 3.65. The zero-order valence-corrected chi connectivity index (χ0v) is 14.3. The summed E-state index contributed by atoms with van der Waals surface area (Å²) in [6, 6.07) is 4.54. The van der Waals surface area contributed by atoms with E-state index in [4.69, 9.17) is 4.74 Å². The monoisotopic (exact) mass is 317 g/mol. The number of nitrogens with zero attached hydrogens (tertiary/aromatic N) is 2. The molecule has 1 aliphatic carbocycles. The normalized spacial score (nSPS) is 23.9. The van der Waals surface area contributed by atoms with Gasteiger partial charge in [-0.2, -0.15) is 0 Å². The van der Waals surface area contributed by atoms with E-state index in [1.807, 2.05) is 37.9 Å². The molecule has 2 aliphatic rings. The molecule has 2 unspecified atom stereocenters. The van der Waals surface area contributed by atoms with Gasteiger partial charge in [0.15, 0.2) is 0 Å². The van der Waals surface area contributed by atoms with Crippen LogP contribution in [0, 0.1) is 5.92 Å². The van der Waals surface area contributed by atoms with Crippen LogP contribution in [0.15, 0.2) is 18.3 Å². The Morgan fingerprint density at radius 1 is 1.43 bits per heavy atom. The van der Waals surface area contributed by atoms with E-state index in [-0.39, 0.29) is 6.09 Å². The lowest BCUT2D eigenvalue weighted by molar-refractivity contribution is 0.0288. The molecule has 0 spiro atoms. The van der Waals surface area contributed by atoms with Crippen LogP contribution in [0.4, 0.5) is 4.79 Å². The Labute approximate surface area is 138 Å². The van der Waals surface area contributed by atoms with E-state index in [0.29, 0.717) is 12.0 Å². The van der Waals surface area contributed by atoms with Crippen molar-refractivity contribution in [2.24, 2.45) is 5.92 Å². The van der Waals surface area contributed by atoms with Gasteiger partial charge >= 0.3 is 6.09 Å². The first-order valence-electron chi connectivity index (χ1n) is 8.57. The number of pyridine rings is 1. The molecule has 1 saturated heterocycles. The lowest BCUT2D eigenvalue weighted by Gasteiger charge is -2.24. The number of likely N-dealkylation sites (tertiary alicyclic amines) is 1. The number of amides is 1. The van der Waals surface area contributed by atoms with Crippen LogP contribution in [0.3, 0.4) is 0 Å². The summed E-state index contributed by atoms with van der Waals surface area (Å²) in [6.07, 6.45) is 4.95. The van der Waals surface area contributed by atoms with Crippen LogP contribution in [0.2, 0.25) is 0 Å². The van der Waals surface area contributed by atoms with Crippen LogP contribution in [-0.2, 0) is 11.2 Å². The third-order valence-electron chi connectivity index (χ3n) is 4.55. The molecular formula is C18H27N3O2. The Morgan fingerprint density at radius 2 is 2.26 bits per heavy atom. The Morgan fingerprint density at radius 3 is 3.04 bits per heavy atom. The van der Waals surface area contributed by atoms with Crippen molar-refractivity contribution in [1.82, 2.24) is 15.2 Å². The van der Waals surface area contributed by atoms with Gasteiger partial charge in [-0.15, -0.1) is 0 Å². The van der Waals surface area contributed by atoms with Gasteiger partial charge in [0.25, 0.3) is 0 Å². The summed E-state index contributed by atoms with van der Waals surface area (Å²) in [6.45, 7) is 8.23. The molecule has 3 rings (SSSR count). The second-order valence-corrected chi connectivity index (χ2v) is 7.63. The summed E-state index contributed by atoms with van der Waals surface area (Å²) in [5.74, 6) is 0.496. The first kappa shape index (κ1) is 16.2. The Hall–Kier alpha value is -1.62. The molecule has 126 valence electrons. The van der Waals surface area contributed by atoms with Crippen molar-refractivity contribution in [3.8, 4) is 0 Å². The molecule has 1 aliphatic heterocycles. The zero-order valence-electron chi connectivity index (χ0n) is 14.3. The number of carbonyl (C=O) groups excluding carboxylic acids is 1. The minimum absolute atomic E-state index is 0.187. The molecule has 5 nitrogen and oxygen atoms in total. The Kier molecular flexibility index (Phi) is 4.57. The van der Waals surface area contributed by atoms with Crippen LogP contribution in [0.5, 0.6) is 0 Å². The average molecular weight is 317 g/mol. The number of hydrogen-bond donors (Lipinski definition) is 1. The third kappa shape index (κ3) is 4.02. The Bertz CT molecular complexity index is 568. The van der Waals surface area contributed by atoms with Crippen molar-refractivity contribution in [2.45, 2.75) is 51.7 Å². The maximum absolute atomic E-state index is 12.1. The third-order valence-corrected chi connectivity index (χ3v) is 4.55. The van der Waals surface area contributed by atoms with Crippen molar-refractivity contribution >= 4 is 6.09 Å². The largest absolute Gasteiger partial charge is 0.444 e. The van der Waals surface area contributed by atoms with Crippen molar-refractivity contribution in [1.29, 1.82) is 0 Å². The quantitative estimate of drug-likeness (QED) is 0.931. The highest BCUT2D eigenvalue weighted by Crippen LogP contribution is 2.29. The molecule has 0 bridgehead atoms. The highest BCUT2D eigenvalue weighted by atomic mass is 16.6. The molecule has 1 amide bonds. The SMILES string of the molecule is CC(C)(C)OC(=O)N1CCC(CNC2CCc3cccnc32)C1.